The van der Waals surface area contributed by atoms with Crippen molar-refractivity contribution in [2.45, 2.75) is 6.92 Å². The molecule has 3 rings (SSSR count). The number of amides is 1. The van der Waals surface area contributed by atoms with Crippen LogP contribution in [0.3, 0.4) is 0 Å². The van der Waals surface area contributed by atoms with Gasteiger partial charge in [-0.15, -0.1) is 0 Å². The number of nitrogens with one attached hydrogen (secondary N) is 2. The lowest BCUT2D eigenvalue weighted by Crippen LogP contribution is -2.38. The van der Waals surface area contributed by atoms with Crippen molar-refractivity contribution in [3.63, 3.8) is 0 Å². The smallest absolute Gasteiger partial charge is 0.322 e. The Kier molecular flexibility index (Phi) is 4.67. The van der Waals surface area contributed by atoms with E-state index in [-0.39, 0.29) is 16.9 Å². The zero-order valence-corrected chi connectivity index (χ0v) is 14.1. The SMILES string of the molecule is Cc1ccc(-n2c(=O)[nH]cc(C(=O)Nc3ccc([N+](=O)[O-])cc3)c2=O)cc1. The second-order valence-corrected chi connectivity index (χ2v) is 5.74. The fourth-order valence-electron chi connectivity index (χ4n) is 2.43. The van der Waals surface area contributed by atoms with E-state index in [1.54, 1.807) is 24.3 Å². The van der Waals surface area contributed by atoms with Gasteiger partial charge < -0.3 is 10.3 Å². The first-order valence-corrected chi connectivity index (χ1v) is 7.84. The average Bonchev–Trinajstić information content (AvgIpc) is 2.63. The van der Waals surface area contributed by atoms with Crippen LogP contribution >= 0.6 is 0 Å². The third-order valence-electron chi connectivity index (χ3n) is 3.85. The van der Waals surface area contributed by atoms with Crippen molar-refractivity contribution in [2.75, 3.05) is 5.32 Å². The number of benzene rings is 2. The van der Waals surface area contributed by atoms with E-state index in [4.69, 9.17) is 0 Å². The van der Waals surface area contributed by atoms with E-state index >= 15 is 0 Å². The molecule has 1 aromatic heterocycles. The summed E-state index contributed by atoms with van der Waals surface area (Å²) in [6.07, 6.45) is 1.04. The summed E-state index contributed by atoms with van der Waals surface area (Å²) in [5, 5.41) is 13.1. The van der Waals surface area contributed by atoms with E-state index in [9.17, 15) is 24.5 Å². The number of aryl methyl sites for hydroxylation is 1. The van der Waals surface area contributed by atoms with Crippen LogP contribution < -0.4 is 16.6 Å². The van der Waals surface area contributed by atoms with Crippen molar-refractivity contribution in [2.24, 2.45) is 0 Å². The molecule has 1 heterocycles. The predicted octanol–water partition coefficient (Wildman–Crippen LogP) is 1.99. The Bertz CT molecular complexity index is 1130. The molecule has 27 heavy (non-hydrogen) atoms. The lowest BCUT2D eigenvalue weighted by Gasteiger charge is -2.08. The van der Waals surface area contributed by atoms with Crippen molar-refractivity contribution in [3.05, 3.63) is 96.8 Å². The van der Waals surface area contributed by atoms with Gasteiger partial charge in [0.25, 0.3) is 17.2 Å². The molecule has 0 saturated carbocycles. The van der Waals surface area contributed by atoms with Crippen LogP contribution in [0.4, 0.5) is 11.4 Å². The van der Waals surface area contributed by atoms with Gasteiger partial charge >= 0.3 is 5.69 Å². The zero-order chi connectivity index (χ0) is 19.6. The molecule has 0 fully saturated rings. The molecule has 0 aliphatic carbocycles. The van der Waals surface area contributed by atoms with E-state index in [1.165, 1.54) is 24.3 Å². The van der Waals surface area contributed by atoms with Gasteiger partial charge in [-0.05, 0) is 31.2 Å². The molecule has 1 amide bonds. The number of rotatable bonds is 4. The van der Waals surface area contributed by atoms with Crippen LogP contribution in [0.5, 0.6) is 0 Å². The number of nitrogens with zero attached hydrogens (tertiary/aromatic N) is 2. The molecule has 0 saturated heterocycles. The largest absolute Gasteiger partial charge is 0.333 e. The molecule has 0 bridgehead atoms. The molecule has 9 heteroatoms. The Morgan fingerprint density at radius 2 is 1.70 bits per heavy atom. The summed E-state index contributed by atoms with van der Waals surface area (Å²) < 4.78 is 0.865. The summed E-state index contributed by atoms with van der Waals surface area (Å²) in [5.74, 6) is -0.744. The number of hydrogen-bond donors (Lipinski definition) is 2. The Labute approximate surface area is 152 Å². The summed E-state index contributed by atoms with van der Waals surface area (Å²) in [4.78, 5) is 49.6. The molecule has 0 unspecified atom stereocenters. The number of non-ortho nitro benzene ring substituents is 1. The molecule has 0 aliphatic rings. The summed E-state index contributed by atoms with van der Waals surface area (Å²) in [7, 11) is 0. The highest BCUT2D eigenvalue weighted by atomic mass is 16.6. The third-order valence-corrected chi connectivity index (χ3v) is 3.85. The summed E-state index contributed by atoms with van der Waals surface area (Å²) >= 11 is 0. The Morgan fingerprint density at radius 1 is 1.07 bits per heavy atom. The van der Waals surface area contributed by atoms with Gasteiger partial charge in [0.1, 0.15) is 5.56 Å². The Morgan fingerprint density at radius 3 is 2.30 bits per heavy atom. The highest BCUT2D eigenvalue weighted by Gasteiger charge is 2.16. The maximum Gasteiger partial charge on any atom is 0.333 e. The Balaban J connectivity index is 1.95. The van der Waals surface area contributed by atoms with Gasteiger partial charge in [0, 0.05) is 24.0 Å². The molecule has 0 aliphatic heterocycles. The Hall–Kier alpha value is -4.01. The van der Waals surface area contributed by atoms with Crippen LogP contribution in [0.1, 0.15) is 15.9 Å². The fourth-order valence-corrected chi connectivity index (χ4v) is 2.43. The topological polar surface area (TPSA) is 127 Å². The molecule has 2 aromatic carbocycles. The highest BCUT2D eigenvalue weighted by Crippen LogP contribution is 2.15. The van der Waals surface area contributed by atoms with E-state index < -0.39 is 22.1 Å². The summed E-state index contributed by atoms with van der Waals surface area (Å²) in [6.45, 7) is 1.87. The molecule has 0 radical (unpaired) electrons. The zero-order valence-electron chi connectivity index (χ0n) is 14.1. The first kappa shape index (κ1) is 17.8. The lowest BCUT2D eigenvalue weighted by atomic mass is 10.2. The lowest BCUT2D eigenvalue weighted by molar-refractivity contribution is -0.384. The summed E-state index contributed by atoms with van der Waals surface area (Å²) in [5.41, 5.74) is -0.282. The van der Waals surface area contributed by atoms with Crippen LogP contribution in [0.15, 0.2) is 64.3 Å². The second kappa shape index (κ2) is 7.08. The first-order chi connectivity index (χ1) is 12.9. The van der Waals surface area contributed by atoms with Crippen molar-refractivity contribution < 1.29 is 9.72 Å². The monoisotopic (exact) mass is 366 g/mol. The number of nitro benzene ring substituents is 1. The van der Waals surface area contributed by atoms with Crippen LogP contribution in [-0.4, -0.2) is 20.4 Å². The number of hydrogen-bond acceptors (Lipinski definition) is 5. The molecular weight excluding hydrogens is 352 g/mol. The van der Waals surface area contributed by atoms with Crippen molar-refractivity contribution in [1.82, 2.24) is 9.55 Å². The van der Waals surface area contributed by atoms with Crippen LogP contribution in [0.2, 0.25) is 0 Å². The molecule has 3 aromatic rings. The number of aromatic nitrogens is 2. The van der Waals surface area contributed by atoms with E-state index in [2.05, 4.69) is 10.3 Å². The second-order valence-electron chi connectivity index (χ2n) is 5.74. The van der Waals surface area contributed by atoms with Crippen LogP contribution in [0.25, 0.3) is 5.69 Å². The van der Waals surface area contributed by atoms with E-state index in [0.29, 0.717) is 5.69 Å². The van der Waals surface area contributed by atoms with Gasteiger partial charge in [-0.25, -0.2) is 9.36 Å². The molecular formula is C18H14N4O5. The van der Waals surface area contributed by atoms with Crippen molar-refractivity contribution >= 4 is 17.3 Å². The first-order valence-electron chi connectivity index (χ1n) is 7.84. The van der Waals surface area contributed by atoms with Gasteiger partial charge in [-0.1, -0.05) is 17.7 Å². The standard InChI is InChI=1S/C18H14N4O5/c1-11-2-6-13(7-3-11)21-17(24)15(10-19-18(21)25)16(23)20-12-4-8-14(9-5-12)22(26)27/h2-10H,1H3,(H,19,25)(H,20,23). The van der Waals surface area contributed by atoms with Gasteiger partial charge in [0.2, 0.25) is 0 Å². The fraction of sp³-hybridized carbons (Fsp3) is 0.0556. The van der Waals surface area contributed by atoms with Crippen molar-refractivity contribution in [3.8, 4) is 5.69 Å². The number of H-pyrrole nitrogens is 1. The predicted molar refractivity (Wildman–Crippen MR) is 98.4 cm³/mol. The minimum Gasteiger partial charge on any atom is -0.322 e. The highest BCUT2D eigenvalue weighted by molar-refractivity contribution is 6.03. The number of aromatic amines is 1. The van der Waals surface area contributed by atoms with Gasteiger partial charge in [-0.2, -0.15) is 0 Å². The quantitative estimate of drug-likeness (QED) is 0.539. The number of carbonyl (C=O) groups is 1. The number of carbonyl (C=O) groups excluding carboxylic acids is 1. The van der Waals surface area contributed by atoms with E-state index in [0.717, 1.165) is 16.3 Å². The minimum atomic E-state index is -0.776. The van der Waals surface area contributed by atoms with E-state index in [1.807, 2.05) is 6.92 Å². The third kappa shape index (κ3) is 3.66. The molecule has 136 valence electrons. The maximum atomic E-state index is 12.6. The minimum absolute atomic E-state index is 0.126. The normalized spacial score (nSPS) is 10.4. The molecule has 9 nitrogen and oxygen atoms in total. The summed E-state index contributed by atoms with van der Waals surface area (Å²) in [6, 6.07) is 11.8. The molecule has 0 spiro atoms. The van der Waals surface area contributed by atoms with Crippen LogP contribution in [-0.2, 0) is 0 Å². The molecule has 0 atom stereocenters. The van der Waals surface area contributed by atoms with Gasteiger partial charge in [0.05, 0.1) is 10.6 Å². The van der Waals surface area contributed by atoms with Gasteiger partial charge in [-0.3, -0.25) is 19.7 Å². The van der Waals surface area contributed by atoms with Crippen LogP contribution in [0, 0.1) is 17.0 Å². The maximum absolute atomic E-state index is 12.6. The van der Waals surface area contributed by atoms with Crippen molar-refractivity contribution in [1.29, 1.82) is 0 Å². The molecule has 2 N–H and O–H groups in total. The van der Waals surface area contributed by atoms with Gasteiger partial charge in [0.15, 0.2) is 0 Å². The average molecular weight is 366 g/mol. The number of anilines is 1. The number of nitro groups is 1.